The van der Waals surface area contributed by atoms with Crippen LogP contribution < -0.4 is 0 Å². The topological polar surface area (TPSA) is 66.9 Å². The minimum atomic E-state index is -3.30. The largest absolute Gasteiger partial charge is 0.383 e. The van der Waals surface area contributed by atoms with Crippen LogP contribution >= 0.6 is 0 Å². The number of hydrogen-bond donors (Lipinski definition) is 0. The van der Waals surface area contributed by atoms with Crippen molar-refractivity contribution in [2.45, 2.75) is 45.1 Å². The summed E-state index contributed by atoms with van der Waals surface area (Å²) >= 11 is 0. The van der Waals surface area contributed by atoms with Crippen LogP contribution in [0.5, 0.6) is 0 Å². The second-order valence-electron chi connectivity index (χ2n) is 5.55. The van der Waals surface area contributed by atoms with Crippen molar-refractivity contribution in [2.75, 3.05) is 39.6 Å². The van der Waals surface area contributed by atoms with Crippen molar-refractivity contribution in [1.82, 2.24) is 9.21 Å². The van der Waals surface area contributed by atoms with Crippen LogP contribution in [0, 0.1) is 0 Å². The molecule has 0 aliphatic carbocycles. The van der Waals surface area contributed by atoms with Crippen molar-refractivity contribution in [2.24, 2.45) is 0 Å². The zero-order valence-electron chi connectivity index (χ0n) is 13.4. The van der Waals surface area contributed by atoms with Crippen molar-refractivity contribution >= 4 is 15.9 Å². The summed E-state index contributed by atoms with van der Waals surface area (Å²) in [5.74, 6) is 0.0626. The molecule has 0 aromatic heterocycles. The van der Waals surface area contributed by atoms with E-state index < -0.39 is 10.0 Å². The molecule has 21 heavy (non-hydrogen) atoms. The summed E-state index contributed by atoms with van der Waals surface area (Å²) in [4.78, 5) is 14.3. The van der Waals surface area contributed by atoms with Gasteiger partial charge in [-0.1, -0.05) is 6.92 Å². The van der Waals surface area contributed by atoms with Crippen molar-refractivity contribution in [3.8, 4) is 0 Å². The molecule has 0 saturated carbocycles. The van der Waals surface area contributed by atoms with Crippen LogP contribution in [-0.4, -0.2) is 69.2 Å². The SMILES string of the molecule is CCC1CCCCN1C(=O)CCN(CCOC)S(C)(=O)=O. The lowest BCUT2D eigenvalue weighted by Crippen LogP contribution is -2.45. The number of carbonyl (C=O) groups is 1. The molecule has 0 bridgehead atoms. The number of carbonyl (C=O) groups excluding carboxylic acids is 1. The molecule has 1 atom stereocenters. The maximum absolute atomic E-state index is 12.3. The Kier molecular flexibility index (Phi) is 7.62. The summed E-state index contributed by atoms with van der Waals surface area (Å²) in [5, 5.41) is 0. The molecular weight excluding hydrogens is 292 g/mol. The highest BCUT2D eigenvalue weighted by Gasteiger charge is 2.26. The van der Waals surface area contributed by atoms with Gasteiger partial charge in [-0.2, -0.15) is 4.31 Å². The zero-order valence-corrected chi connectivity index (χ0v) is 14.2. The smallest absolute Gasteiger partial charge is 0.224 e. The van der Waals surface area contributed by atoms with E-state index in [-0.39, 0.29) is 18.9 Å². The Morgan fingerprint density at radius 3 is 2.62 bits per heavy atom. The van der Waals surface area contributed by atoms with E-state index >= 15 is 0 Å². The minimum absolute atomic E-state index is 0.0626. The van der Waals surface area contributed by atoms with Crippen molar-refractivity contribution in [3.63, 3.8) is 0 Å². The van der Waals surface area contributed by atoms with Gasteiger partial charge in [-0.05, 0) is 25.7 Å². The molecule has 0 spiro atoms. The van der Waals surface area contributed by atoms with E-state index in [0.717, 1.165) is 25.8 Å². The number of amides is 1. The van der Waals surface area contributed by atoms with Crippen LogP contribution in [0.25, 0.3) is 0 Å². The second-order valence-corrected chi connectivity index (χ2v) is 7.53. The fourth-order valence-electron chi connectivity index (χ4n) is 2.75. The van der Waals surface area contributed by atoms with Crippen LogP contribution in [0.4, 0.5) is 0 Å². The van der Waals surface area contributed by atoms with Gasteiger partial charge in [0.25, 0.3) is 0 Å². The predicted octanol–water partition coefficient (Wildman–Crippen LogP) is 1.08. The van der Waals surface area contributed by atoms with E-state index in [0.29, 0.717) is 19.2 Å². The van der Waals surface area contributed by atoms with Gasteiger partial charge in [0.1, 0.15) is 0 Å². The highest BCUT2D eigenvalue weighted by Crippen LogP contribution is 2.20. The van der Waals surface area contributed by atoms with E-state index in [1.165, 1.54) is 24.1 Å². The van der Waals surface area contributed by atoms with Crippen LogP contribution in [-0.2, 0) is 19.6 Å². The fourth-order valence-corrected chi connectivity index (χ4v) is 3.58. The minimum Gasteiger partial charge on any atom is -0.383 e. The first-order valence-electron chi connectivity index (χ1n) is 7.63. The molecule has 1 aliphatic rings. The molecule has 0 aromatic carbocycles. The van der Waals surface area contributed by atoms with Gasteiger partial charge >= 0.3 is 0 Å². The number of ether oxygens (including phenoxy) is 1. The van der Waals surface area contributed by atoms with Crippen LogP contribution in [0.3, 0.4) is 0 Å². The van der Waals surface area contributed by atoms with E-state index in [1.807, 2.05) is 4.90 Å². The third-order valence-electron chi connectivity index (χ3n) is 4.01. The molecule has 124 valence electrons. The Balaban J connectivity index is 2.55. The maximum Gasteiger partial charge on any atom is 0.224 e. The Bertz CT molecular complexity index is 425. The van der Waals surface area contributed by atoms with Crippen LogP contribution in [0.1, 0.15) is 39.0 Å². The third kappa shape index (κ3) is 5.92. The molecule has 1 heterocycles. The molecule has 0 radical (unpaired) electrons. The number of rotatable bonds is 8. The molecule has 0 N–H and O–H groups in total. The molecule has 1 saturated heterocycles. The van der Waals surface area contributed by atoms with Gasteiger partial charge in [0, 0.05) is 39.2 Å². The monoisotopic (exact) mass is 320 g/mol. The third-order valence-corrected chi connectivity index (χ3v) is 5.31. The molecule has 1 aliphatic heterocycles. The average Bonchev–Trinajstić information content (AvgIpc) is 2.45. The molecule has 7 heteroatoms. The molecule has 1 rings (SSSR count). The van der Waals surface area contributed by atoms with Crippen LogP contribution in [0.2, 0.25) is 0 Å². The highest BCUT2D eigenvalue weighted by molar-refractivity contribution is 7.88. The Hall–Kier alpha value is -0.660. The number of hydrogen-bond acceptors (Lipinski definition) is 4. The quantitative estimate of drug-likeness (QED) is 0.671. The lowest BCUT2D eigenvalue weighted by atomic mass is 9.99. The summed E-state index contributed by atoms with van der Waals surface area (Å²) in [6.45, 7) is 3.75. The van der Waals surface area contributed by atoms with Gasteiger partial charge < -0.3 is 9.64 Å². The highest BCUT2D eigenvalue weighted by atomic mass is 32.2. The van der Waals surface area contributed by atoms with E-state index in [2.05, 4.69) is 6.92 Å². The van der Waals surface area contributed by atoms with Gasteiger partial charge in [-0.3, -0.25) is 4.79 Å². The van der Waals surface area contributed by atoms with Gasteiger partial charge in [0.2, 0.25) is 15.9 Å². The lowest BCUT2D eigenvalue weighted by molar-refractivity contribution is -0.135. The van der Waals surface area contributed by atoms with Crippen molar-refractivity contribution < 1.29 is 17.9 Å². The first-order chi connectivity index (χ1) is 9.90. The normalized spacial score (nSPS) is 20.0. The number of methoxy groups -OCH3 is 1. The average molecular weight is 320 g/mol. The summed E-state index contributed by atoms with van der Waals surface area (Å²) in [5.41, 5.74) is 0. The predicted molar refractivity (Wildman–Crippen MR) is 82.6 cm³/mol. The molecule has 0 aromatic rings. The number of likely N-dealkylation sites (tertiary alicyclic amines) is 1. The molecule has 6 nitrogen and oxygen atoms in total. The maximum atomic E-state index is 12.3. The summed E-state index contributed by atoms with van der Waals surface area (Å²) < 4.78 is 29.6. The van der Waals surface area contributed by atoms with Crippen LogP contribution in [0.15, 0.2) is 0 Å². The van der Waals surface area contributed by atoms with Gasteiger partial charge in [-0.15, -0.1) is 0 Å². The molecular formula is C14H28N2O4S. The van der Waals surface area contributed by atoms with Gasteiger partial charge in [-0.25, -0.2) is 8.42 Å². The van der Waals surface area contributed by atoms with E-state index in [4.69, 9.17) is 4.74 Å². The van der Waals surface area contributed by atoms with E-state index in [1.54, 1.807) is 0 Å². The molecule has 1 amide bonds. The van der Waals surface area contributed by atoms with Gasteiger partial charge in [0.15, 0.2) is 0 Å². The fraction of sp³-hybridized carbons (Fsp3) is 0.929. The lowest BCUT2D eigenvalue weighted by Gasteiger charge is -2.35. The second kappa shape index (κ2) is 8.70. The first-order valence-corrected chi connectivity index (χ1v) is 9.48. The zero-order chi connectivity index (χ0) is 15.9. The van der Waals surface area contributed by atoms with Crippen molar-refractivity contribution in [3.05, 3.63) is 0 Å². The van der Waals surface area contributed by atoms with Crippen molar-refractivity contribution in [1.29, 1.82) is 0 Å². The number of sulfonamides is 1. The number of nitrogens with zero attached hydrogens (tertiary/aromatic N) is 2. The summed E-state index contributed by atoms with van der Waals surface area (Å²) in [7, 11) is -1.77. The molecule has 1 unspecified atom stereocenters. The van der Waals surface area contributed by atoms with E-state index in [9.17, 15) is 13.2 Å². The first kappa shape index (κ1) is 18.4. The summed E-state index contributed by atoms with van der Waals surface area (Å²) in [6.07, 6.45) is 5.65. The molecule has 1 fully saturated rings. The Morgan fingerprint density at radius 1 is 1.33 bits per heavy atom. The Labute approximate surface area is 128 Å². The summed E-state index contributed by atoms with van der Waals surface area (Å²) in [6, 6.07) is 0.317. The van der Waals surface area contributed by atoms with Gasteiger partial charge in [0.05, 0.1) is 12.9 Å². The number of piperidine rings is 1. The standard InChI is InChI=1S/C14H28N2O4S/c1-4-13-7-5-6-9-16(13)14(17)8-10-15(11-12-20-2)21(3,18)19/h13H,4-12H2,1-3H3. The Morgan fingerprint density at radius 2 is 2.05 bits per heavy atom.